The van der Waals surface area contributed by atoms with Crippen molar-refractivity contribution in [2.75, 3.05) is 6.54 Å². The molecule has 1 aliphatic rings. The minimum absolute atomic E-state index is 0.183. The second-order valence-corrected chi connectivity index (χ2v) is 6.21. The number of hydrogen-bond donors (Lipinski definition) is 1. The van der Waals surface area contributed by atoms with Gasteiger partial charge in [-0.25, -0.2) is 9.97 Å². The summed E-state index contributed by atoms with van der Waals surface area (Å²) in [6, 6.07) is 0.183. The van der Waals surface area contributed by atoms with Gasteiger partial charge in [-0.05, 0) is 32.2 Å². The highest BCUT2D eigenvalue weighted by Crippen LogP contribution is 2.33. The SMILES string of the molecule is CCCNC(c1nc2c(s1)CCC2)c1cncn1C. The van der Waals surface area contributed by atoms with Crippen LogP contribution in [0.15, 0.2) is 12.5 Å². The van der Waals surface area contributed by atoms with Gasteiger partial charge in [0.25, 0.3) is 0 Å². The molecule has 0 amide bonds. The van der Waals surface area contributed by atoms with Crippen molar-refractivity contribution in [3.05, 3.63) is 33.8 Å². The van der Waals surface area contributed by atoms with Crippen LogP contribution in [0, 0.1) is 0 Å². The topological polar surface area (TPSA) is 42.7 Å². The molecular weight excluding hydrogens is 256 g/mol. The summed E-state index contributed by atoms with van der Waals surface area (Å²) in [6.07, 6.45) is 8.56. The molecule has 19 heavy (non-hydrogen) atoms. The summed E-state index contributed by atoms with van der Waals surface area (Å²) in [7, 11) is 2.05. The van der Waals surface area contributed by atoms with E-state index in [-0.39, 0.29) is 6.04 Å². The van der Waals surface area contributed by atoms with Gasteiger partial charge in [0.2, 0.25) is 0 Å². The average molecular weight is 276 g/mol. The molecule has 0 saturated heterocycles. The van der Waals surface area contributed by atoms with E-state index in [4.69, 9.17) is 4.98 Å². The maximum atomic E-state index is 4.86. The molecule has 0 spiro atoms. The average Bonchev–Trinajstić information content (AvgIpc) is 3.06. The summed E-state index contributed by atoms with van der Waals surface area (Å²) in [6.45, 7) is 3.19. The lowest BCUT2D eigenvalue weighted by Gasteiger charge is -2.16. The Balaban J connectivity index is 1.92. The van der Waals surface area contributed by atoms with Crippen molar-refractivity contribution < 1.29 is 0 Å². The summed E-state index contributed by atoms with van der Waals surface area (Å²) in [5, 5.41) is 4.80. The van der Waals surface area contributed by atoms with Gasteiger partial charge in [0, 0.05) is 11.9 Å². The van der Waals surface area contributed by atoms with E-state index in [0.717, 1.165) is 19.4 Å². The maximum absolute atomic E-state index is 4.86. The maximum Gasteiger partial charge on any atom is 0.116 e. The first-order chi connectivity index (χ1) is 9.29. The molecule has 102 valence electrons. The monoisotopic (exact) mass is 276 g/mol. The molecule has 4 nitrogen and oxygen atoms in total. The number of imidazole rings is 1. The van der Waals surface area contributed by atoms with Crippen LogP contribution < -0.4 is 5.32 Å². The van der Waals surface area contributed by atoms with Gasteiger partial charge in [0.15, 0.2) is 0 Å². The van der Waals surface area contributed by atoms with Gasteiger partial charge < -0.3 is 9.88 Å². The molecule has 1 unspecified atom stereocenters. The van der Waals surface area contributed by atoms with Crippen molar-refractivity contribution >= 4 is 11.3 Å². The van der Waals surface area contributed by atoms with Crippen molar-refractivity contribution in [3.8, 4) is 0 Å². The molecule has 0 aromatic carbocycles. The van der Waals surface area contributed by atoms with Gasteiger partial charge in [-0.3, -0.25) is 0 Å². The molecule has 5 heteroatoms. The predicted octanol–water partition coefficient (Wildman–Crippen LogP) is 2.45. The molecule has 0 fully saturated rings. The van der Waals surface area contributed by atoms with Crippen LogP contribution in [0.5, 0.6) is 0 Å². The summed E-state index contributed by atoms with van der Waals surface area (Å²) in [5.74, 6) is 0. The first kappa shape index (κ1) is 12.8. The van der Waals surface area contributed by atoms with Crippen LogP contribution in [-0.4, -0.2) is 21.1 Å². The normalized spacial score (nSPS) is 15.7. The lowest BCUT2D eigenvalue weighted by atomic mass is 10.2. The number of fused-ring (bicyclic) bond motifs is 1. The summed E-state index contributed by atoms with van der Waals surface area (Å²) < 4.78 is 2.08. The Morgan fingerprint density at radius 3 is 3.05 bits per heavy atom. The van der Waals surface area contributed by atoms with Gasteiger partial charge in [0.1, 0.15) is 11.0 Å². The van der Waals surface area contributed by atoms with Crippen LogP contribution in [0.1, 0.15) is 47.1 Å². The Morgan fingerprint density at radius 2 is 2.37 bits per heavy atom. The van der Waals surface area contributed by atoms with E-state index in [1.807, 2.05) is 30.9 Å². The third-order valence-corrected chi connectivity index (χ3v) is 4.83. The fourth-order valence-corrected chi connectivity index (χ4v) is 3.83. The molecule has 0 bridgehead atoms. The van der Waals surface area contributed by atoms with Crippen molar-refractivity contribution in [3.63, 3.8) is 0 Å². The minimum atomic E-state index is 0.183. The van der Waals surface area contributed by atoms with Crippen molar-refractivity contribution in [2.45, 2.75) is 38.6 Å². The second kappa shape index (κ2) is 5.43. The molecule has 1 N–H and O–H groups in total. The van der Waals surface area contributed by atoms with Gasteiger partial charge >= 0.3 is 0 Å². The smallest absolute Gasteiger partial charge is 0.116 e. The molecular formula is C14H20N4S. The van der Waals surface area contributed by atoms with Crippen LogP contribution in [0.4, 0.5) is 0 Å². The molecule has 0 aliphatic heterocycles. The zero-order valence-electron chi connectivity index (χ0n) is 11.5. The Bertz CT molecular complexity index is 536. The third kappa shape index (κ3) is 2.44. The van der Waals surface area contributed by atoms with E-state index in [2.05, 4.69) is 21.8 Å². The number of nitrogens with one attached hydrogen (secondary N) is 1. The Labute approximate surface area is 117 Å². The zero-order valence-corrected chi connectivity index (χ0v) is 12.3. The number of rotatable bonds is 5. The molecule has 3 rings (SSSR count). The first-order valence-electron chi connectivity index (χ1n) is 6.97. The fourth-order valence-electron chi connectivity index (χ4n) is 2.59. The molecule has 2 aromatic heterocycles. The summed E-state index contributed by atoms with van der Waals surface area (Å²) in [5.41, 5.74) is 2.52. The number of hydrogen-bond acceptors (Lipinski definition) is 4. The Hall–Kier alpha value is -1.20. The van der Waals surface area contributed by atoms with Gasteiger partial charge in [-0.15, -0.1) is 11.3 Å². The third-order valence-electron chi connectivity index (χ3n) is 3.61. The Morgan fingerprint density at radius 1 is 1.47 bits per heavy atom. The van der Waals surface area contributed by atoms with Gasteiger partial charge in [-0.2, -0.15) is 0 Å². The van der Waals surface area contributed by atoms with E-state index in [0.29, 0.717) is 0 Å². The number of aromatic nitrogens is 3. The Kier molecular flexibility index (Phi) is 3.66. The molecule has 1 aliphatic carbocycles. The van der Waals surface area contributed by atoms with Crippen molar-refractivity contribution in [2.24, 2.45) is 7.05 Å². The molecule has 0 radical (unpaired) electrons. The highest BCUT2D eigenvalue weighted by molar-refractivity contribution is 7.11. The van der Waals surface area contributed by atoms with E-state index >= 15 is 0 Å². The lowest BCUT2D eigenvalue weighted by molar-refractivity contribution is 0.566. The summed E-state index contributed by atoms with van der Waals surface area (Å²) in [4.78, 5) is 10.6. The van der Waals surface area contributed by atoms with Crippen molar-refractivity contribution in [1.82, 2.24) is 19.9 Å². The van der Waals surface area contributed by atoms with Crippen LogP contribution >= 0.6 is 11.3 Å². The predicted molar refractivity (Wildman–Crippen MR) is 77.5 cm³/mol. The molecule has 2 heterocycles. The van der Waals surface area contributed by atoms with Crippen LogP contribution in [0.25, 0.3) is 0 Å². The zero-order chi connectivity index (χ0) is 13.2. The largest absolute Gasteiger partial charge is 0.336 e. The van der Waals surface area contributed by atoms with Crippen molar-refractivity contribution in [1.29, 1.82) is 0 Å². The van der Waals surface area contributed by atoms with E-state index in [1.54, 1.807) is 0 Å². The fraction of sp³-hybridized carbons (Fsp3) is 0.571. The molecule has 1 atom stereocenters. The van der Waals surface area contributed by atoms with E-state index < -0.39 is 0 Å². The highest BCUT2D eigenvalue weighted by atomic mass is 32.1. The molecule has 0 saturated carbocycles. The summed E-state index contributed by atoms with van der Waals surface area (Å²) >= 11 is 1.87. The second-order valence-electron chi connectivity index (χ2n) is 5.09. The van der Waals surface area contributed by atoms with Crippen LogP contribution in [0.2, 0.25) is 0 Å². The lowest BCUT2D eigenvalue weighted by Crippen LogP contribution is -2.25. The van der Waals surface area contributed by atoms with Gasteiger partial charge in [0.05, 0.1) is 23.9 Å². The number of aryl methyl sites for hydroxylation is 3. The van der Waals surface area contributed by atoms with Crippen LogP contribution in [0.3, 0.4) is 0 Å². The van der Waals surface area contributed by atoms with E-state index in [9.17, 15) is 0 Å². The number of nitrogens with zero attached hydrogens (tertiary/aromatic N) is 3. The quantitative estimate of drug-likeness (QED) is 0.912. The minimum Gasteiger partial charge on any atom is -0.336 e. The van der Waals surface area contributed by atoms with E-state index in [1.165, 1.54) is 34.1 Å². The molecule has 2 aromatic rings. The van der Waals surface area contributed by atoms with Crippen LogP contribution in [-0.2, 0) is 19.9 Å². The first-order valence-corrected chi connectivity index (χ1v) is 7.79. The standard InChI is InChI=1S/C14H20N4S/c1-3-7-16-13(11-8-15-9-18(11)2)14-17-10-5-4-6-12(10)19-14/h8-9,13,16H,3-7H2,1-2H3. The van der Waals surface area contributed by atoms with Gasteiger partial charge in [-0.1, -0.05) is 6.92 Å². The number of thiazole rings is 1. The highest BCUT2D eigenvalue weighted by Gasteiger charge is 2.24.